The van der Waals surface area contributed by atoms with E-state index >= 15 is 0 Å². The van der Waals surface area contributed by atoms with Crippen LogP contribution in [0.2, 0.25) is 0 Å². The molecule has 0 saturated heterocycles. The molecule has 0 bridgehead atoms. The van der Waals surface area contributed by atoms with Crippen molar-refractivity contribution in [2.75, 3.05) is 0 Å². The van der Waals surface area contributed by atoms with E-state index in [1.165, 1.54) is 0 Å². The SMILES string of the molecule is CCC(=O)NCc1nn(C2CCCC2)c(=O)c2ccccc12. The molecule has 0 radical (unpaired) electrons. The Bertz CT molecular complexity index is 745. The Kier molecular flexibility index (Phi) is 4.22. The topological polar surface area (TPSA) is 64.0 Å². The Morgan fingerprint density at radius 1 is 1.27 bits per heavy atom. The van der Waals surface area contributed by atoms with Crippen LogP contribution in [-0.2, 0) is 11.3 Å². The second-order valence-electron chi connectivity index (χ2n) is 5.81. The van der Waals surface area contributed by atoms with E-state index in [2.05, 4.69) is 10.4 Å². The van der Waals surface area contributed by atoms with Gasteiger partial charge in [-0.2, -0.15) is 5.10 Å². The van der Waals surface area contributed by atoms with Crippen molar-refractivity contribution < 1.29 is 4.79 Å². The van der Waals surface area contributed by atoms with Gasteiger partial charge in [0.1, 0.15) is 0 Å². The fourth-order valence-corrected chi connectivity index (χ4v) is 3.11. The summed E-state index contributed by atoms with van der Waals surface area (Å²) in [5, 5.41) is 8.96. The number of carbonyl (C=O) groups is 1. The number of nitrogens with one attached hydrogen (secondary N) is 1. The third-order valence-corrected chi connectivity index (χ3v) is 4.35. The number of fused-ring (bicyclic) bond motifs is 1. The van der Waals surface area contributed by atoms with Crippen LogP contribution in [0.3, 0.4) is 0 Å². The Labute approximate surface area is 129 Å². The standard InChI is InChI=1S/C17H21N3O2/c1-2-16(21)18-11-15-13-9-5-6-10-14(13)17(22)20(19-15)12-7-3-4-8-12/h5-6,9-10,12H,2-4,7-8,11H2,1H3,(H,18,21). The van der Waals surface area contributed by atoms with Crippen LogP contribution >= 0.6 is 0 Å². The van der Waals surface area contributed by atoms with Crippen molar-refractivity contribution in [1.29, 1.82) is 0 Å². The Morgan fingerprint density at radius 3 is 2.64 bits per heavy atom. The summed E-state index contributed by atoms with van der Waals surface area (Å²) >= 11 is 0. The van der Waals surface area contributed by atoms with Gasteiger partial charge in [-0.05, 0) is 18.9 Å². The van der Waals surface area contributed by atoms with Gasteiger partial charge in [0, 0.05) is 11.8 Å². The Hall–Kier alpha value is -2.17. The largest absolute Gasteiger partial charge is 0.350 e. The Balaban J connectivity index is 2.06. The number of hydrogen-bond acceptors (Lipinski definition) is 3. The molecule has 1 aliphatic carbocycles. The molecule has 1 aliphatic rings. The van der Waals surface area contributed by atoms with Gasteiger partial charge in [-0.1, -0.05) is 38.0 Å². The lowest BCUT2D eigenvalue weighted by Crippen LogP contribution is -2.30. The zero-order valence-electron chi connectivity index (χ0n) is 12.8. The minimum absolute atomic E-state index is 0.00972. The molecule has 0 atom stereocenters. The van der Waals surface area contributed by atoms with Crippen molar-refractivity contribution in [3.63, 3.8) is 0 Å². The first-order chi connectivity index (χ1) is 10.7. The van der Waals surface area contributed by atoms with E-state index in [1.807, 2.05) is 31.2 Å². The zero-order chi connectivity index (χ0) is 15.5. The molecule has 1 amide bonds. The maximum absolute atomic E-state index is 12.7. The smallest absolute Gasteiger partial charge is 0.274 e. The van der Waals surface area contributed by atoms with E-state index in [-0.39, 0.29) is 17.5 Å². The highest BCUT2D eigenvalue weighted by atomic mass is 16.1. The van der Waals surface area contributed by atoms with Gasteiger partial charge in [-0.25, -0.2) is 4.68 Å². The number of benzene rings is 1. The van der Waals surface area contributed by atoms with Gasteiger partial charge < -0.3 is 5.32 Å². The summed E-state index contributed by atoms with van der Waals surface area (Å²) in [5.74, 6) is -0.00972. The summed E-state index contributed by atoms with van der Waals surface area (Å²) in [5.41, 5.74) is 0.747. The molecule has 1 aromatic carbocycles. The minimum Gasteiger partial charge on any atom is -0.350 e. The fourth-order valence-electron chi connectivity index (χ4n) is 3.11. The van der Waals surface area contributed by atoms with Crippen molar-refractivity contribution in [1.82, 2.24) is 15.1 Å². The monoisotopic (exact) mass is 299 g/mol. The molecule has 1 fully saturated rings. The van der Waals surface area contributed by atoms with Crippen molar-refractivity contribution in [3.05, 3.63) is 40.3 Å². The molecule has 2 aromatic rings. The van der Waals surface area contributed by atoms with E-state index in [0.717, 1.165) is 36.8 Å². The lowest BCUT2D eigenvalue weighted by Gasteiger charge is -2.16. The Morgan fingerprint density at radius 2 is 1.95 bits per heavy atom. The molecule has 1 N–H and O–H groups in total. The average Bonchev–Trinajstić information content (AvgIpc) is 3.08. The van der Waals surface area contributed by atoms with E-state index in [1.54, 1.807) is 4.68 Å². The van der Waals surface area contributed by atoms with Gasteiger partial charge in [0.15, 0.2) is 0 Å². The third kappa shape index (κ3) is 2.75. The van der Waals surface area contributed by atoms with Crippen LogP contribution in [0.1, 0.15) is 50.8 Å². The van der Waals surface area contributed by atoms with Crippen molar-refractivity contribution >= 4 is 16.7 Å². The molecule has 3 rings (SSSR count). The van der Waals surface area contributed by atoms with E-state index in [9.17, 15) is 9.59 Å². The number of hydrogen-bond donors (Lipinski definition) is 1. The van der Waals surface area contributed by atoms with E-state index in [4.69, 9.17) is 0 Å². The van der Waals surface area contributed by atoms with Crippen molar-refractivity contribution in [3.8, 4) is 0 Å². The zero-order valence-corrected chi connectivity index (χ0v) is 12.8. The van der Waals surface area contributed by atoms with Crippen LogP contribution in [0.5, 0.6) is 0 Å². The molecule has 5 heteroatoms. The van der Waals surface area contributed by atoms with Crippen molar-refractivity contribution in [2.24, 2.45) is 0 Å². The molecule has 0 aliphatic heterocycles. The summed E-state index contributed by atoms with van der Waals surface area (Å²) in [7, 11) is 0. The summed E-state index contributed by atoms with van der Waals surface area (Å²) in [6, 6.07) is 7.70. The molecular formula is C17H21N3O2. The first kappa shape index (κ1) is 14.8. The lowest BCUT2D eigenvalue weighted by molar-refractivity contribution is -0.120. The van der Waals surface area contributed by atoms with Gasteiger partial charge in [-0.15, -0.1) is 0 Å². The molecule has 0 spiro atoms. The maximum Gasteiger partial charge on any atom is 0.274 e. The van der Waals surface area contributed by atoms with Crippen LogP contribution in [0, 0.1) is 0 Å². The van der Waals surface area contributed by atoms with Gasteiger partial charge in [-0.3, -0.25) is 9.59 Å². The normalized spacial score (nSPS) is 15.3. The number of rotatable bonds is 4. The molecule has 1 aromatic heterocycles. The first-order valence-corrected chi connectivity index (χ1v) is 7.98. The lowest BCUT2D eigenvalue weighted by atomic mass is 10.1. The predicted molar refractivity (Wildman–Crippen MR) is 85.6 cm³/mol. The highest BCUT2D eigenvalue weighted by molar-refractivity contribution is 5.84. The third-order valence-electron chi connectivity index (χ3n) is 4.35. The summed E-state index contributed by atoms with van der Waals surface area (Å²) in [6.07, 6.45) is 4.75. The van der Waals surface area contributed by atoms with Crippen LogP contribution in [0.4, 0.5) is 0 Å². The number of aromatic nitrogens is 2. The quantitative estimate of drug-likeness (QED) is 0.943. The maximum atomic E-state index is 12.7. The fraction of sp³-hybridized carbons (Fsp3) is 0.471. The van der Waals surface area contributed by atoms with Gasteiger partial charge in [0.2, 0.25) is 5.91 Å². The minimum atomic E-state index is -0.0203. The highest BCUT2D eigenvalue weighted by Gasteiger charge is 2.21. The molecule has 22 heavy (non-hydrogen) atoms. The van der Waals surface area contributed by atoms with Crippen LogP contribution in [0.25, 0.3) is 10.8 Å². The second-order valence-corrected chi connectivity index (χ2v) is 5.81. The number of carbonyl (C=O) groups excluding carboxylic acids is 1. The first-order valence-electron chi connectivity index (χ1n) is 7.98. The van der Waals surface area contributed by atoms with Crippen molar-refractivity contribution in [2.45, 2.75) is 51.6 Å². The van der Waals surface area contributed by atoms with Crippen LogP contribution in [0.15, 0.2) is 29.1 Å². The van der Waals surface area contributed by atoms with Gasteiger partial charge in [0.05, 0.1) is 23.7 Å². The number of nitrogens with zero attached hydrogens (tertiary/aromatic N) is 2. The summed E-state index contributed by atoms with van der Waals surface area (Å²) in [6.45, 7) is 2.18. The number of amides is 1. The molecule has 116 valence electrons. The van der Waals surface area contributed by atoms with Crippen LogP contribution < -0.4 is 10.9 Å². The van der Waals surface area contributed by atoms with Crippen LogP contribution in [-0.4, -0.2) is 15.7 Å². The molecule has 5 nitrogen and oxygen atoms in total. The van der Waals surface area contributed by atoms with E-state index < -0.39 is 0 Å². The summed E-state index contributed by atoms with van der Waals surface area (Å²) in [4.78, 5) is 24.2. The van der Waals surface area contributed by atoms with E-state index in [0.29, 0.717) is 18.4 Å². The predicted octanol–water partition coefficient (Wildman–Crippen LogP) is 2.54. The molecule has 1 heterocycles. The highest BCUT2D eigenvalue weighted by Crippen LogP contribution is 2.28. The average molecular weight is 299 g/mol. The summed E-state index contributed by atoms with van der Waals surface area (Å²) < 4.78 is 1.64. The van der Waals surface area contributed by atoms with Gasteiger partial charge in [0.25, 0.3) is 5.56 Å². The molecular weight excluding hydrogens is 278 g/mol. The molecule has 1 saturated carbocycles. The second kappa shape index (κ2) is 6.30. The molecule has 0 unspecified atom stereocenters. The van der Waals surface area contributed by atoms with Gasteiger partial charge >= 0.3 is 0 Å².